The Balaban J connectivity index is 2.00. The van der Waals surface area contributed by atoms with E-state index in [1.807, 2.05) is 0 Å². The molecule has 1 unspecified atom stereocenters. The lowest BCUT2D eigenvalue weighted by molar-refractivity contribution is -0.122. The van der Waals surface area contributed by atoms with Gasteiger partial charge in [0.1, 0.15) is 6.54 Å². The number of anilines is 1. The van der Waals surface area contributed by atoms with Crippen molar-refractivity contribution in [3.8, 4) is 0 Å². The molecule has 0 saturated carbocycles. The minimum atomic E-state index is -1.51. The van der Waals surface area contributed by atoms with Crippen LogP contribution in [0.25, 0.3) is 0 Å². The molecule has 2 aromatic rings. The largest absolute Gasteiger partial charge is 0.395 e. The lowest BCUT2D eigenvalue weighted by atomic mass is 10.1. The van der Waals surface area contributed by atoms with E-state index in [0.717, 1.165) is 12.1 Å². The molecule has 1 heterocycles. The Labute approximate surface area is 136 Å². The molecule has 6 nitrogen and oxygen atoms in total. The molecule has 2 rings (SSSR count). The van der Waals surface area contributed by atoms with Crippen molar-refractivity contribution in [3.05, 3.63) is 47.5 Å². The first-order valence-electron chi connectivity index (χ1n) is 7.21. The van der Waals surface area contributed by atoms with E-state index in [4.69, 9.17) is 5.11 Å². The zero-order valence-corrected chi connectivity index (χ0v) is 12.9. The van der Waals surface area contributed by atoms with Crippen molar-refractivity contribution in [1.82, 2.24) is 15.1 Å². The van der Waals surface area contributed by atoms with Crippen LogP contribution in [0.5, 0.6) is 0 Å². The summed E-state index contributed by atoms with van der Waals surface area (Å²) in [7, 11) is 0. The number of hydrogen-bond donors (Lipinski definition) is 3. The molecule has 1 aromatic heterocycles. The maximum absolute atomic E-state index is 13.3. The lowest BCUT2D eigenvalue weighted by Crippen LogP contribution is -2.30. The molecule has 0 aliphatic carbocycles. The van der Waals surface area contributed by atoms with E-state index in [1.54, 1.807) is 13.1 Å². The zero-order valence-electron chi connectivity index (χ0n) is 12.9. The molecule has 0 aliphatic rings. The second-order valence-corrected chi connectivity index (χ2v) is 5.16. The maximum Gasteiger partial charge on any atom is 0.241 e. The van der Waals surface area contributed by atoms with Crippen LogP contribution in [0, 0.1) is 17.5 Å². The topological polar surface area (TPSA) is 79.2 Å². The van der Waals surface area contributed by atoms with Gasteiger partial charge in [-0.25, -0.2) is 13.2 Å². The van der Waals surface area contributed by atoms with E-state index in [9.17, 15) is 18.0 Å². The Bertz CT molecular complexity index is 697. The van der Waals surface area contributed by atoms with Gasteiger partial charge in [-0.2, -0.15) is 5.10 Å². The van der Waals surface area contributed by atoms with Crippen molar-refractivity contribution in [1.29, 1.82) is 0 Å². The molecule has 0 spiro atoms. The number of nitrogens with one attached hydrogen (secondary N) is 2. The predicted molar refractivity (Wildman–Crippen MR) is 80.7 cm³/mol. The Hall–Kier alpha value is -2.55. The Morgan fingerprint density at radius 2 is 2.00 bits per heavy atom. The number of aromatic nitrogens is 2. The van der Waals surface area contributed by atoms with Crippen LogP contribution in [0.3, 0.4) is 0 Å². The summed E-state index contributed by atoms with van der Waals surface area (Å²) in [6, 6.07) is 1.33. The summed E-state index contributed by atoms with van der Waals surface area (Å²) in [5.41, 5.74) is 0.766. The molecule has 24 heavy (non-hydrogen) atoms. The number of benzene rings is 1. The van der Waals surface area contributed by atoms with E-state index >= 15 is 0 Å². The highest BCUT2D eigenvalue weighted by Gasteiger charge is 2.15. The summed E-state index contributed by atoms with van der Waals surface area (Å²) < 4.78 is 40.9. The number of rotatable bonds is 7. The van der Waals surface area contributed by atoms with E-state index in [0.29, 0.717) is 5.69 Å². The van der Waals surface area contributed by atoms with Crippen molar-refractivity contribution >= 4 is 11.6 Å². The van der Waals surface area contributed by atoms with Crippen LogP contribution in [0.15, 0.2) is 24.5 Å². The van der Waals surface area contributed by atoms with Crippen LogP contribution in [0.4, 0.5) is 18.9 Å². The van der Waals surface area contributed by atoms with Gasteiger partial charge in [0, 0.05) is 18.8 Å². The van der Waals surface area contributed by atoms with Gasteiger partial charge in [0.15, 0.2) is 17.5 Å². The van der Waals surface area contributed by atoms with Gasteiger partial charge in [-0.1, -0.05) is 0 Å². The van der Waals surface area contributed by atoms with Crippen LogP contribution in [-0.4, -0.2) is 33.9 Å². The smallest absolute Gasteiger partial charge is 0.241 e. The number of aliphatic hydroxyl groups excluding tert-OH is 1. The fourth-order valence-corrected chi connectivity index (χ4v) is 2.08. The molecule has 0 radical (unpaired) electrons. The molecule has 0 aliphatic heterocycles. The zero-order chi connectivity index (χ0) is 17.7. The summed E-state index contributed by atoms with van der Waals surface area (Å²) >= 11 is 0. The van der Waals surface area contributed by atoms with Crippen LogP contribution < -0.4 is 10.6 Å². The van der Waals surface area contributed by atoms with Crippen LogP contribution in [-0.2, 0) is 11.3 Å². The quantitative estimate of drug-likeness (QED) is 0.668. The normalized spacial score (nSPS) is 12.0. The van der Waals surface area contributed by atoms with Crippen molar-refractivity contribution < 1.29 is 23.1 Å². The first kappa shape index (κ1) is 17.8. The second kappa shape index (κ2) is 7.82. The number of hydrogen-bond acceptors (Lipinski definition) is 4. The van der Waals surface area contributed by atoms with Crippen LogP contribution >= 0.6 is 0 Å². The van der Waals surface area contributed by atoms with Crippen LogP contribution in [0.2, 0.25) is 0 Å². The molecule has 0 saturated heterocycles. The minimum absolute atomic E-state index is 0.0319. The SMILES string of the molecule is CC(Nc1cnn(CC(=O)NCCO)c1)c1cc(F)c(F)c(F)c1. The number of amides is 1. The number of nitrogens with zero attached hydrogens (tertiary/aromatic N) is 2. The van der Waals surface area contributed by atoms with E-state index in [-0.39, 0.29) is 31.2 Å². The van der Waals surface area contributed by atoms with Crippen molar-refractivity contribution in [2.45, 2.75) is 19.5 Å². The van der Waals surface area contributed by atoms with E-state index in [2.05, 4.69) is 15.7 Å². The standard InChI is InChI=1S/C15H17F3N4O2/c1-9(10-4-12(16)15(18)13(17)5-10)21-11-6-20-22(7-11)8-14(24)19-2-3-23/h4-7,9,21,23H,2-3,8H2,1H3,(H,19,24). The summed E-state index contributed by atoms with van der Waals surface area (Å²) in [6.45, 7) is 1.62. The van der Waals surface area contributed by atoms with E-state index in [1.165, 1.54) is 10.9 Å². The highest BCUT2D eigenvalue weighted by molar-refractivity contribution is 5.75. The monoisotopic (exact) mass is 342 g/mol. The first-order chi connectivity index (χ1) is 11.4. The summed E-state index contributed by atoms with van der Waals surface area (Å²) in [4.78, 5) is 11.5. The molecule has 130 valence electrons. The number of carbonyl (C=O) groups is 1. The van der Waals surface area contributed by atoms with Gasteiger partial charge in [-0.15, -0.1) is 0 Å². The molecule has 1 amide bonds. The molecule has 3 N–H and O–H groups in total. The van der Waals surface area contributed by atoms with Crippen molar-refractivity contribution in [2.75, 3.05) is 18.5 Å². The third-order valence-corrected chi connectivity index (χ3v) is 3.26. The number of carbonyl (C=O) groups excluding carboxylic acids is 1. The second-order valence-electron chi connectivity index (χ2n) is 5.16. The summed E-state index contributed by atoms with van der Waals surface area (Å²) in [5.74, 6) is -4.33. The highest BCUT2D eigenvalue weighted by atomic mass is 19.2. The first-order valence-corrected chi connectivity index (χ1v) is 7.21. The molecule has 0 fully saturated rings. The third-order valence-electron chi connectivity index (χ3n) is 3.26. The van der Waals surface area contributed by atoms with Gasteiger partial charge in [0.25, 0.3) is 0 Å². The van der Waals surface area contributed by atoms with Gasteiger partial charge < -0.3 is 15.7 Å². The fraction of sp³-hybridized carbons (Fsp3) is 0.333. The third kappa shape index (κ3) is 4.48. The fourth-order valence-electron chi connectivity index (χ4n) is 2.08. The summed E-state index contributed by atoms with van der Waals surface area (Å²) in [5, 5.41) is 18.1. The minimum Gasteiger partial charge on any atom is -0.395 e. The van der Waals surface area contributed by atoms with Crippen molar-refractivity contribution in [3.63, 3.8) is 0 Å². The summed E-state index contributed by atoms with van der Waals surface area (Å²) in [6.07, 6.45) is 3.00. The van der Waals surface area contributed by atoms with Gasteiger partial charge in [-0.3, -0.25) is 9.48 Å². The Morgan fingerprint density at radius 3 is 2.62 bits per heavy atom. The van der Waals surface area contributed by atoms with E-state index < -0.39 is 23.5 Å². The van der Waals surface area contributed by atoms with Gasteiger partial charge in [0.2, 0.25) is 5.91 Å². The van der Waals surface area contributed by atoms with Gasteiger partial charge in [-0.05, 0) is 24.6 Å². The molecule has 1 aromatic carbocycles. The van der Waals surface area contributed by atoms with Crippen LogP contribution in [0.1, 0.15) is 18.5 Å². The molecule has 0 bridgehead atoms. The average molecular weight is 342 g/mol. The number of halogens is 3. The lowest BCUT2D eigenvalue weighted by Gasteiger charge is -2.14. The van der Waals surface area contributed by atoms with Crippen molar-refractivity contribution in [2.24, 2.45) is 0 Å². The molecule has 1 atom stereocenters. The van der Waals surface area contributed by atoms with Gasteiger partial charge in [0.05, 0.1) is 18.5 Å². The Morgan fingerprint density at radius 1 is 1.33 bits per heavy atom. The predicted octanol–water partition coefficient (Wildman–Crippen LogP) is 1.58. The average Bonchev–Trinajstić information content (AvgIpc) is 2.96. The maximum atomic E-state index is 13.3. The Kier molecular flexibility index (Phi) is 5.80. The molecular formula is C15H17F3N4O2. The number of aliphatic hydroxyl groups is 1. The van der Waals surface area contributed by atoms with Gasteiger partial charge >= 0.3 is 0 Å². The highest BCUT2D eigenvalue weighted by Crippen LogP contribution is 2.22. The molecular weight excluding hydrogens is 325 g/mol. The molecule has 9 heteroatoms.